The first-order chi connectivity index (χ1) is 14.3. The number of piperazine rings is 1. The number of nitrogens with one attached hydrogen (secondary N) is 1. The lowest BCUT2D eigenvalue weighted by molar-refractivity contribution is -0.384. The Kier molecular flexibility index (Phi) is 5.67. The molecule has 9 nitrogen and oxygen atoms in total. The minimum atomic E-state index is -3.69. The second-order valence-corrected chi connectivity index (χ2v) is 10.0. The Bertz CT molecular complexity index is 1080. The topological polar surface area (TPSA) is 113 Å². The third kappa shape index (κ3) is 4.13. The van der Waals surface area contributed by atoms with E-state index in [1.807, 2.05) is 4.90 Å². The number of fused-ring (bicyclic) bond motifs is 1. The molecule has 1 amide bonds. The number of nitro benzene ring substituents is 1. The molecule has 0 atom stereocenters. The van der Waals surface area contributed by atoms with Crippen LogP contribution < -0.4 is 10.2 Å². The van der Waals surface area contributed by atoms with E-state index >= 15 is 0 Å². The molecule has 0 saturated carbocycles. The average molecular weight is 449 g/mol. The maximum Gasteiger partial charge on any atom is 0.269 e. The highest BCUT2D eigenvalue weighted by molar-refractivity contribution is 7.99. The first-order valence-electron chi connectivity index (χ1n) is 9.41. The Labute approximate surface area is 178 Å². The van der Waals surface area contributed by atoms with Crippen molar-refractivity contribution in [3.63, 3.8) is 0 Å². The molecule has 1 fully saturated rings. The summed E-state index contributed by atoms with van der Waals surface area (Å²) < 4.78 is 27.7. The molecule has 0 aliphatic carbocycles. The lowest BCUT2D eigenvalue weighted by atomic mass is 10.2. The van der Waals surface area contributed by atoms with Gasteiger partial charge in [-0.1, -0.05) is 0 Å². The van der Waals surface area contributed by atoms with Crippen molar-refractivity contribution in [2.75, 3.05) is 42.1 Å². The number of non-ortho nitro benzene ring substituents is 1. The van der Waals surface area contributed by atoms with E-state index in [1.165, 1.54) is 34.3 Å². The van der Waals surface area contributed by atoms with Crippen molar-refractivity contribution in [3.05, 3.63) is 52.6 Å². The van der Waals surface area contributed by atoms with Crippen LogP contribution in [0.1, 0.15) is 6.42 Å². The van der Waals surface area contributed by atoms with Crippen molar-refractivity contribution in [2.24, 2.45) is 0 Å². The number of carbonyl (C=O) groups excluding carboxylic acids is 1. The highest BCUT2D eigenvalue weighted by Gasteiger charge is 2.29. The average Bonchev–Trinajstić information content (AvgIpc) is 2.93. The summed E-state index contributed by atoms with van der Waals surface area (Å²) in [6.07, 6.45) is 0.395. The van der Waals surface area contributed by atoms with E-state index in [0.29, 0.717) is 44.0 Å². The van der Waals surface area contributed by atoms with Gasteiger partial charge in [0.15, 0.2) is 0 Å². The van der Waals surface area contributed by atoms with E-state index in [4.69, 9.17) is 0 Å². The van der Waals surface area contributed by atoms with Crippen LogP contribution in [0.2, 0.25) is 0 Å². The van der Waals surface area contributed by atoms with Gasteiger partial charge in [0, 0.05) is 61.1 Å². The number of nitro groups is 1. The summed E-state index contributed by atoms with van der Waals surface area (Å²) in [7, 11) is -3.69. The number of rotatable bonds is 4. The summed E-state index contributed by atoms with van der Waals surface area (Å²) in [6, 6.07) is 11.1. The molecule has 158 valence electrons. The number of sulfonamides is 1. The number of thioether (sulfide) groups is 1. The summed E-state index contributed by atoms with van der Waals surface area (Å²) in [5, 5.41) is 13.6. The van der Waals surface area contributed by atoms with Gasteiger partial charge in [0.25, 0.3) is 5.69 Å². The molecule has 2 aliphatic rings. The highest BCUT2D eigenvalue weighted by atomic mass is 32.2. The Morgan fingerprint density at radius 1 is 1.03 bits per heavy atom. The first kappa shape index (κ1) is 20.6. The van der Waals surface area contributed by atoms with Crippen LogP contribution in [-0.2, 0) is 14.8 Å². The summed E-state index contributed by atoms with van der Waals surface area (Å²) in [5.74, 6) is 0.544. The summed E-state index contributed by atoms with van der Waals surface area (Å²) in [6.45, 7) is 1.57. The fourth-order valence-electron chi connectivity index (χ4n) is 3.48. The third-order valence-electron chi connectivity index (χ3n) is 5.11. The Hall–Kier alpha value is -2.63. The van der Waals surface area contributed by atoms with Crippen molar-refractivity contribution >= 4 is 44.8 Å². The van der Waals surface area contributed by atoms with Crippen LogP contribution in [-0.4, -0.2) is 55.5 Å². The molecule has 0 unspecified atom stereocenters. The fourth-order valence-corrected chi connectivity index (χ4v) is 5.87. The van der Waals surface area contributed by atoms with Crippen LogP contribution in [0.25, 0.3) is 0 Å². The highest BCUT2D eigenvalue weighted by Crippen LogP contribution is 2.33. The SMILES string of the molecule is O=C1CCSc2ccc(S(=O)(=O)N3CCN(c4ccc([N+](=O)[O-])cc4)CC3)cc2N1. The second kappa shape index (κ2) is 8.25. The Morgan fingerprint density at radius 2 is 1.73 bits per heavy atom. The smallest absolute Gasteiger partial charge is 0.269 e. The van der Waals surface area contributed by atoms with Gasteiger partial charge in [0.2, 0.25) is 15.9 Å². The minimum Gasteiger partial charge on any atom is -0.369 e. The maximum atomic E-state index is 13.1. The van der Waals surface area contributed by atoms with Crippen molar-refractivity contribution in [3.8, 4) is 0 Å². The fraction of sp³-hybridized carbons (Fsp3) is 0.316. The molecule has 0 radical (unpaired) electrons. The Balaban J connectivity index is 1.47. The quantitative estimate of drug-likeness (QED) is 0.565. The number of amides is 1. The molecule has 1 N–H and O–H groups in total. The number of carbonyl (C=O) groups is 1. The van der Waals surface area contributed by atoms with Gasteiger partial charge in [0.1, 0.15) is 0 Å². The molecule has 0 aromatic heterocycles. The van der Waals surface area contributed by atoms with E-state index in [0.717, 1.165) is 10.6 Å². The van der Waals surface area contributed by atoms with E-state index in [1.54, 1.807) is 24.3 Å². The van der Waals surface area contributed by atoms with Crippen molar-refractivity contribution in [1.82, 2.24) is 4.31 Å². The molecule has 2 aromatic rings. The van der Waals surface area contributed by atoms with Gasteiger partial charge < -0.3 is 10.2 Å². The number of nitrogens with zero attached hydrogens (tertiary/aromatic N) is 3. The van der Waals surface area contributed by atoms with Crippen LogP contribution in [0.4, 0.5) is 17.1 Å². The standard InChI is InChI=1S/C19H20N4O5S2/c24-19-7-12-29-18-6-5-16(13-17(18)20-19)30(27,28)22-10-8-21(9-11-22)14-1-3-15(4-2-14)23(25)26/h1-6,13H,7-12H2,(H,20,24). The van der Waals surface area contributed by atoms with Crippen molar-refractivity contribution < 1.29 is 18.1 Å². The molecular formula is C19H20N4O5S2. The second-order valence-electron chi connectivity index (χ2n) is 6.97. The number of benzene rings is 2. The summed E-state index contributed by atoms with van der Waals surface area (Å²) in [5.41, 5.74) is 1.38. The zero-order valence-electron chi connectivity index (χ0n) is 16.0. The number of hydrogen-bond donors (Lipinski definition) is 1. The molecule has 4 rings (SSSR count). The van der Waals surface area contributed by atoms with Gasteiger partial charge >= 0.3 is 0 Å². The van der Waals surface area contributed by atoms with E-state index in [-0.39, 0.29) is 16.5 Å². The normalized spacial score (nSPS) is 17.7. The van der Waals surface area contributed by atoms with Crippen LogP contribution >= 0.6 is 11.8 Å². The van der Waals surface area contributed by atoms with Gasteiger partial charge in [-0.15, -0.1) is 11.8 Å². The molecular weight excluding hydrogens is 428 g/mol. The van der Waals surface area contributed by atoms with E-state index < -0.39 is 14.9 Å². The zero-order valence-corrected chi connectivity index (χ0v) is 17.6. The molecule has 11 heteroatoms. The monoisotopic (exact) mass is 448 g/mol. The van der Waals surface area contributed by atoms with Crippen LogP contribution in [0.15, 0.2) is 52.3 Å². The summed E-state index contributed by atoms with van der Waals surface area (Å²) in [4.78, 5) is 25.2. The molecule has 2 aliphatic heterocycles. The van der Waals surface area contributed by atoms with Crippen LogP contribution in [0, 0.1) is 10.1 Å². The van der Waals surface area contributed by atoms with Crippen molar-refractivity contribution in [2.45, 2.75) is 16.2 Å². The minimum absolute atomic E-state index is 0.0217. The predicted molar refractivity (Wildman–Crippen MR) is 114 cm³/mol. The summed E-state index contributed by atoms with van der Waals surface area (Å²) >= 11 is 1.53. The molecule has 2 aromatic carbocycles. The van der Waals surface area contributed by atoms with E-state index in [2.05, 4.69) is 5.32 Å². The predicted octanol–water partition coefficient (Wildman–Crippen LogP) is 2.54. The Morgan fingerprint density at radius 3 is 2.40 bits per heavy atom. The zero-order chi connectivity index (χ0) is 21.3. The lowest BCUT2D eigenvalue weighted by Crippen LogP contribution is -2.48. The van der Waals surface area contributed by atoms with Crippen molar-refractivity contribution in [1.29, 1.82) is 0 Å². The molecule has 2 heterocycles. The molecule has 30 heavy (non-hydrogen) atoms. The lowest BCUT2D eigenvalue weighted by Gasteiger charge is -2.35. The van der Waals surface area contributed by atoms with Gasteiger partial charge in [-0.05, 0) is 30.3 Å². The van der Waals surface area contributed by atoms with E-state index in [9.17, 15) is 23.3 Å². The largest absolute Gasteiger partial charge is 0.369 e. The third-order valence-corrected chi connectivity index (χ3v) is 8.08. The maximum absolute atomic E-state index is 13.1. The van der Waals surface area contributed by atoms with Crippen LogP contribution in [0.3, 0.4) is 0 Å². The number of anilines is 2. The molecule has 0 spiro atoms. The van der Waals surface area contributed by atoms with Crippen LogP contribution in [0.5, 0.6) is 0 Å². The van der Waals surface area contributed by atoms with Gasteiger partial charge in [0.05, 0.1) is 15.5 Å². The molecule has 0 bridgehead atoms. The van der Waals surface area contributed by atoms with Gasteiger partial charge in [-0.25, -0.2) is 8.42 Å². The van der Waals surface area contributed by atoms with Gasteiger partial charge in [-0.2, -0.15) is 4.31 Å². The first-order valence-corrected chi connectivity index (χ1v) is 11.8. The molecule has 1 saturated heterocycles. The number of hydrogen-bond acceptors (Lipinski definition) is 7. The van der Waals surface area contributed by atoms with Gasteiger partial charge in [-0.3, -0.25) is 14.9 Å².